The maximum Gasteiger partial charge on any atom is 0.331 e. The number of hydrogen-bond acceptors (Lipinski definition) is 4. The summed E-state index contributed by atoms with van der Waals surface area (Å²) in [5.41, 5.74) is 1.82. The van der Waals surface area contributed by atoms with Crippen molar-refractivity contribution < 1.29 is 19.0 Å². The zero-order valence-electron chi connectivity index (χ0n) is 10.6. The molecule has 2 rings (SSSR count). The summed E-state index contributed by atoms with van der Waals surface area (Å²) in [5.74, 6) is 1.20. The number of methoxy groups -OCH3 is 1. The van der Waals surface area contributed by atoms with Crippen molar-refractivity contribution in [2.75, 3.05) is 20.3 Å². The second kappa shape index (κ2) is 5.58. The van der Waals surface area contributed by atoms with E-state index in [9.17, 15) is 4.79 Å². The van der Waals surface area contributed by atoms with Gasteiger partial charge in [0.1, 0.15) is 11.5 Å². The van der Waals surface area contributed by atoms with E-state index in [1.54, 1.807) is 14.0 Å². The molecule has 1 aliphatic heterocycles. The smallest absolute Gasteiger partial charge is 0.331 e. The fraction of sp³-hybridized carbons (Fsp3) is 0.357. The minimum atomic E-state index is -0.317. The number of carbonyl (C=O) groups excluding carboxylic acids is 1. The summed E-state index contributed by atoms with van der Waals surface area (Å²) in [7, 11) is 1.61. The van der Waals surface area contributed by atoms with Gasteiger partial charge in [-0.25, -0.2) is 4.79 Å². The lowest BCUT2D eigenvalue weighted by Gasteiger charge is -2.20. The molecule has 0 saturated heterocycles. The summed E-state index contributed by atoms with van der Waals surface area (Å²) in [5, 5.41) is 0. The fourth-order valence-electron chi connectivity index (χ4n) is 1.89. The van der Waals surface area contributed by atoms with Gasteiger partial charge in [-0.05, 0) is 30.7 Å². The molecule has 0 N–H and O–H groups in total. The monoisotopic (exact) mass is 248 g/mol. The molecule has 0 spiro atoms. The van der Waals surface area contributed by atoms with Crippen molar-refractivity contribution >= 4 is 11.5 Å². The Morgan fingerprint density at radius 1 is 1.50 bits per heavy atom. The Balaban J connectivity index is 2.34. The highest BCUT2D eigenvalue weighted by atomic mass is 16.5. The van der Waals surface area contributed by atoms with E-state index in [2.05, 4.69) is 0 Å². The molecule has 0 atom stereocenters. The van der Waals surface area contributed by atoms with E-state index < -0.39 is 0 Å². The number of benzene rings is 1. The van der Waals surface area contributed by atoms with Crippen molar-refractivity contribution in [1.82, 2.24) is 0 Å². The van der Waals surface area contributed by atoms with Crippen molar-refractivity contribution in [3.8, 4) is 11.5 Å². The number of esters is 1. The lowest BCUT2D eigenvalue weighted by Crippen LogP contribution is -2.10. The standard InChI is InChI=1S/C14H16O4/c1-3-17-14(15)8-10-6-7-18-13-5-4-11(16-2)9-12(10)13/h4-5,8-9H,3,6-7H2,1-2H3. The number of hydrogen-bond donors (Lipinski definition) is 0. The van der Waals surface area contributed by atoms with E-state index in [1.807, 2.05) is 18.2 Å². The van der Waals surface area contributed by atoms with Crippen LogP contribution in [-0.4, -0.2) is 26.3 Å². The predicted molar refractivity (Wildman–Crippen MR) is 67.7 cm³/mol. The fourth-order valence-corrected chi connectivity index (χ4v) is 1.89. The average Bonchev–Trinajstić information content (AvgIpc) is 2.39. The molecule has 1 heterocycles. The molecule has 0 amide bonds. The number of rotatable bonds is 3. The van der Waals surface area contributed by atoms with Crippen LogP contribution in [0.3, 0.4) is 0 Å². The van der Waals surface area contributed by atoms with Crippen LogP contribution in [0.25, 0.3) is 5.57 Å². The van der Waals surface area contributed by atoms with Gasteiger partial charge in [0.25, 0.3) is 0 Å². The molecule has 18 heavy (non-hydrogen) atoms. The minimum Gasteiger partial charge on any atom is -0.497 e. The van der Waals surface area contributed by atoms with Gasteiger partial charge in [-0.15, -0.1) is 0 Å². The highest BCUT2D eigenvalue weighted by molar-refractivity contribution is 5.92. The molecule has 0 aromatic heterocycles. The Morgan fingerprint density at radius 3 is 3.06 bits per heavy atom. The lowest BCUT2D eigenvalue weighted by atomic mass is 9.99. The first-order chi connectivity index (χ1) is 8.74. The Morgan fingerprint density at radius 2 is 2.33 bits per heavy atom. The molecule has 0 saturated carbocycles. The molecule has 1 aliphatic rings. The SMILES string of the molecule is CCOC(=O)C=C1CCOc2ccc(OC)cc21. The van der Waals surface area contributed by atoms with Crippen LogP contribution in [0.1, 0.15) is 18.9 Å². The van der Waals surface area contributed by atoms with Crippen LogP contribution in [0.4, 0.5) is 0 Å². The third-order valence-electron chi connectivity index (χ3n) is 2.74. The number of fused-ring (bicyclic) bond motifs is 1. The second-order valence-corrected chi connectivity index (χ2v) is 3.88. The van der Waals surface area contributed by atoms with Gasteiger partial charge in [0.15, 0.2) is 0 Å². The Labute approximate surface area is 106 Å². The van der Waals surface area contributed by atoms with E-state index >= 15 is 0 Å². The molecule has 96 valence electrons. The maximum atomic E-state index is 11.5. The third kappa shape index (κ3) is 2.64. The third-order valence-corrected chi connectivity index (χ3v) is 2.74. The summed E-state index contributed by atoms with van der Waals surface area (Å²) in [6, 6.07) is 5.57. The van der Waals surface area contributed by atoms with E-state index in [4.69, 9.17) is 14.2 Å². The van der Waals surface area contributed by atoms with Gasteiger partial charge in [-0.2, -0.15) is 0 Å². The molecule has 1 aromatic rings. The van der Waals surface area contributed by atoms with Crippen LogP contribution >= 0.6 is 0 Å². The molecular weight excluding hydrogens is 232 g/mol. The maximum absolute atomic E-state index is 11.5. The number of carbonyl (C=O) groups is 1. The lowest BCUT2D eigenvalue weighted by molar-refractivity contribution is -0.137. The quantitative estimate of drug-likeness (QED) is 0.608. The van der Waals surface area contributed by atoms with E-state index in [-0.39, 0.29) is 5.97 Å². The second-order valence-electron chi connectivity index (χ2n) is 3.88. The van der Waals surface area contributed by atoms with Gasteiger partial charge in [-0.3, -0.25) is 0 Å². The first-order valence-corrected chi connectivity index (χ1v) is 5.93. The summed E-state index contributed by atoms with van der Waals surface area (Å²) in [6.45, 7) is 2.74. The highest BCUT2D eigenvalue weighted by Crippen LogP contribution is 2.35. The van der Waals surface area contributed by atoms with Crippen LogP contribution in [0.2, 0.25) is 0 Å². The zero-order chi connectivity index (χ0) is 13.0. The molecule has 4 nitrogen and oxygen atoms in total. The van der Waals surface area contributed by atoms with Crippen molar-refractivity contribution in [3.63, 3.8) is 0 Å². The molecule has 0 fully saturated rings. The largest absolute Gasteiger partial charge is 0.497 e. The normalized spacial score (nSPS) is 15.8. The predicted octanol–water partition coefficient (Wildman–Crippen LogP) is 2.42. The molecule has 0 radical (unpaired) electrons. The van der Waals surface area contributed by atoms with Crippen molar-refractivity contribution in [1.29, 1.82) is 0 Å². The van der Waals surface area contributed by atoms with E-state index in [0.717, 1.165) is 22.6 Å². The Hall–Kier alpha value is -1.97. The van der Waals surface area contributed by atoms with E-state index in [0.29, 0.717) is 19.6 Å². The van der Waals surface area contributed by atoms with Crippen LogP contribution in [-0.2, 0) is 9.53 Å². The topological polar surface area (TPSA) is 44.8 Å². The van der Waals surface area contributed by atoms with Gasteiger partial charge in [0, 0.05) is 18.1 Å². The Bertz CT molecular complexity index is 477. The summed E-state index contributed by atoms with van der Waals surface area (Å²) in [4.78, 5) is 11.5. The summed E-state index contributed by atoms with van der Waals surface area (Å²) in [6.07, 6.45) is 2.23. The molecular formula is C14H16O4. The molecule has 4 heteroatoms. The minimum absolute atomic E-state index is 0.317. The van der Waals surface area contributed by atoms with Crippen LogP contribution in [0, 0.1) is 0 Å². The molecule has 0 bridgehead atoms. The molecule has 0 unspecified atom stereocenters. The molecule has 0 aliphatic carbocycles. The van der Waals surface area contributed by atoms with Gasteiger partial charge < -0.3 is 14.2 Å². The average molecular weight is 248 g/mol. The highest BCUT2D eigenvalue weighted by Gasteiger charge is 2.17. The first kappa shape index (κ1) is 12.5. The van der Waals surface area contributed by atoms with Gasteiger partial charge in [-0.1, -0.05) is 0 Å². The zero-order valence-corrected chi connectivity index (χ0v) is 10.6. The van der Waals surface area contributed by atoms with Crippen molar-refractivity contribution in [2.45, 2.75) is 13.3 Å². The number of ether oxygens (including phenoxy) is 3. The van der Waals surface area contributed by atoms with Crippen LogP contribution < -0.4 is 9.47 Å². The summed E-state index contributed by atoms with van der Waals surface area (Å²) < 4.78 is 15.7. The van der Waals surface area contributed by atoms with Crippen molar-refractivity contribution in [3.05, 3.63) is 29.8 Å². The van der Waals surface area contributed by atoms with E-state index in [1.165, 1.54) is 6.08 Å². The van der Waals surface area contributed by atoms with Crippen molar-refractivity contribution in [2.24, 2.45) is 0 Å². The Kier molecular flexibility index (Phi) is 3.87. The summed E-state index contributed by atoms with van der Waals surface area (Å²) >= 11 is 0. The molecule has 1 aromatic carbocycles. The van der Waals surface area contributed by atoms with Gasteiger partial charge in [0.2, 0.25) is 0 Å². The first-order valence-electron chi connectivity index (χ1n) is 5.93. The van der Waals surface area contributed by atoms with Gasteiger partial charge >= 0.3 is 5.97 Å². The van der Waals surface area contributed by atoms with Gasteiger partial charge in [0.05, 0.1) is 20.3 Å². The van der Waals surface area contributed by atoms with Crippen LogP contribution in [0.15, 0.2) is 24.3 Å². The van der Waals surface area contributed by atoms with Crippen LogP contribution in [0.5, 0.6) is 11.5 Å².